The summed E-state index contributed by atoms with van der Waals surface area (Å²) in [5.41, 5.74) is 5.62. The van der Waals surface area contributed by atoms with E-state index >= 15 is 0 Å². The highest BCUT2D eigenvalue weighted by atomic mass is 16.5. The van der Waals surface area contributed by atoms with Gasteiger partial charge in [0.25, 0.3) is 0 Å². The molecule has 1 saturated heterocycles. The summed E-state index contributed by atoms with van der Waals surface area (Å²) >= 11 is 0. The summed E-state index contributed by atoms with van der Waals surface area (Å²) in [5, 5.41) is 3.65. The minimum absolute atomic E-state index is 0.324. The van der Waals surface area contributed by atoms with Gasteiger partial charge >= 0.3 is 0 Å². The Morgan fingerprint density at radius 1 is 1.00 bits per heavy atom. The fraction of sp³-hybridized carbons (Fsp3) is 1.00. The first kappa shape index (κ1) is 11.9. The van der Waals surface area contributed by atoms with Gasteiger partial charge in [-0.25, -0.2) is 0 Å². The van der Waals surface area contributed by atoms with Crippen LogP contribution < -0.4 is 11.1 Å². The maximum Gasteiger partial charge on any atom is 0.0704 e. The molecule has 3 nitrogen and oxygen atoms in total. The third kappa shape index (κ3) is 3.21. The van der Waals surface area contributed by atoms with E-state index in [1.165, 1.54) is 38.6 Å². The summed E-state index contributed by atoms with van der Waals surface area (Å²) in [4.78, 5) is 0. The molecule has 2 aliphatic carbocycles. The first-order chi connectivity index (χ1) is 8.36. The van der Waals surface area contributed by atoms with Crippen LogP contribution in [0.3, 0.4) is 0 Å². The van der Waals surface area contributed by atoms with Crippen LogP contribution in [0.4, 0.5) is 0 Å². The van der Waals surface area contributed by atoms with Gasteiger partial charge in [-0.3, -0.25) is 0 Å². The number of hydrogen-bond donors (Lipinski definition) is 2. The topological polar surface area (TPSA) is 47.3 Å². The van der Waals surface area contributed by atoms with E-state index in [-0.39, 0.29) is 0 Å². The highest BCUT2D eigenvalue weighted by Gasteiger charge is 2.40. The molecule has 3 aliphatic rings. The van der Waals surface area contributed by atoms with E-state index in [4.69, 9.17) is 10.5 Å². The van der Waals surface area contributed by atoms with E-state index in [9.17, 15) is 0 Å². The van der Waals surface area contributed by atoms with Gasteiger partial charge in [0.15, 0.2) is 0 Å². The molecule has 2 saturated carbocycles. The molecular weight excluding hydrogens is 212 g/mol. The normalized spacial score (nSPS) is 33.5. The summed E-state index contributed by atoms with van der Waals surface area (Å²) in [5.74, 6) is 3.08. The second-order valence-electron chi connectivity index (χ2n) is 6.19. The van der Waals surface area contributed by atoms with Gasteiger partial charge in [0.05, 0.1) is 12.2 Å². The van der Waals surface area contributed by atoms with Crippen molar-refractivity contribution in [2.75, 3.05) is 19.6 Å². The highest BCUT2D eigenvalue weighted by molar-refractivity contribution is 4.92. The standard InChI is InChI=1S/C14H26N2O/c15-7-12-5-6-13(17-12)8-16-9-14(10-1-2-10)11-3-4-11/h10-14,16H,1-9,15H2. The van der Waals surface area contributed by atoms with Crippen molar-refractivity contribution in [3.63, 3.8) is 0 Å². The Balaban J connectivity index is 1.34. The Kier molecular flexibility index (Phi) is 3.69. The summed E-state index contributed by atoms with van der Waals surface area (Å²) < 4.78 is 5.86. The van der Waals surface area contributed by atoms with Gasteiger partial charge in [0.2, 0.25) is 0 Å². The van der Waals surface area contributed by atoms with E-state index in [2.05, 4.69) is 5.32 Å². The lowest BCUT2D eigenvalue weighted by molar-refractivity contribution is 0.0497. The molecule has 0 radical (unpaired) electrons. The average molecular weight is 238 g/mol. The van der Waals surface area contributed by atoms with Gasteiger partial charge in [0, 0.05) is 13.1 Å². The SMILES string of the molecule is NCC1CCC(CNCC(C2CC2)C2CC2)O1. The monoisotopic (exact) mass is 238 g/mol. The third-order valence-corrected chi connectivity index (χ3v) is 4.67. The van der Waals surface area contributed by atoms with Crippen LogP contribution in [0.15, 0.2) is 0 Å². The Morgan fingerprint density at radius 2 is 1.65 bits per heavy atom. The molecule has 3 fully saturated rings. The number of rotatable bonds is 7. The van der Waals surface area contributed by atoms with Gasteiger partial charge in [-0.1, -0.05) is 0 Å². The van der Waals surface area contributed by atoms with E-state index in [1.54, 1.807) is 0 Å². The lowest BCUT2D eigenvalue weighted by Gasteiger charge is -2.18. The smallest absolute Gasteiger partial charge is 0.0704 e. The van der Waals surface area contributed by atoms with Crippen molar-refractivity contribution in [1.82, 2.24) is 5.32 Å². The van der Waals surface area contributed by atoms with Crippen molar-refractivity contribution < 1.29 is 4.74 Å². The van der Waals surface area contributed by atoms with E-state index in [0.717, 1.165) is 30.7 Å². The molecule has 1 aliphatic heterocycles. The van der Waals surface area contributed by atoms with Crippen LogP contribution in [0.5, 0.6) is 0 Å². The molecule has 98 valence electrons. The average Bonchev–Trinajstić information content (AvgIpc) is 3.25. The minimum Gasteiger partial charge on any atom is -0.372 e. The second-order valence-corrected chi connectivity index (χ2v) is 6.19. The molecule has 0 bridgehead atoms. The first-order valence-electron chi connectivity index (χ1n) is 7.43. The van der Waals surface area contributed by atoms with Crippen molar-refractivity contribution in [2.45, 2.75) is 50.7 Å². The van der Waals surface area contributed by atoms with Crippen molar-refractivity contribution in [2.24, 2.45) is 23.5 Å². The lowest BCUT2D eigenvalue weighted by Crippen LogP contribution is -2.33. The Hall–Kier alpha value is -0.120. The predicted octanol–water partition coefficient (Wildman–Crippen LogP) is 1.52. The molecule has 2 atom stereocenters. The van der Waals surface area contributed by atoms with Gasteiger partial charge < -0.3 is 15.8 Å². The van der Waals surface area contributed by atoms with Crippen LogP contribution in [0.1, 0.15) is 38.5 Å². The number of nitrogens with one attached hydrogen (secondary N) is 1. The van der Waals surface area contributed by atoms with Gasteiger partial charge in [-0.05, 0) is 62.8 Å². The van der Waals surface area contributed by atoms with E-state index in [0.29, 0.717) is 18.8 Å². The van der Waals surface area contributed by atoms with Crippen molar-refractivity contribution in [3.8, 4) is 0 Å². The molecular formula is C14H26N2O. The van der Waals surface area contributed by atoms with E-state index in [1.807, 2.05) is 0 Å². The van der Waals surface area contributed by atoms with Crippen molar-refractivity contribution >= 4 is 0 Å². The molecule has 0 aromatic rings. The number of nitrogens with two attached hydrogens (primary N) is 1. The zero-order chi connectivity index (χ0) is 11.7. The largest absolute Gasteiger partial charge is 0.372 e. The summed E-state index contributed by atoms with van der Waals surface area (Å²) in [6.07, 6.45) is 9.02. The maximum absolute atomic E-state index is 5.86. The minimum atomic E-state index is 0.324. The van der Waals surface area contributed by atoms with Crippen LogP contribution in [-0.2, 0) is 4.74 Å². The number of ether oxygens (including phenoxy) is 1. The summed E-state index contributed by atoms with van der Waals surface area (Å²) in [6, 6.07) is 0. The van der Waals surface area contributed by atoms with Crippen LogP contribution in [0.2, 0.25) is 0 Å². The second kappa shape index (κ2) is 5.25. The van der Waals surface area contributed by atoms with Crippen LogP contribution in [0.25, 0.3) is 0 Å². The van der Waals surface area contributed by atoms with Gasteiger partial charge in [-0.15, -0.1) is 0 Å². The molecule has 3 N–H and O–H groups in total. The lowest BCUT2D eigenvalue weighted by atomic mass is 9.98. The number of hydrogen-bond acceptors (Lipinski definition) is 3. The van der Waals surface area contributed by atoms with Gasteiger partial charge in [-0.2, -0.15) is 0 Å². The first-order valence-corrected chi connectivity index (χ1v) is 7.43. The zero-order valence-corrected chi connectivity index (χ0v) is 10.7. The quantitative estimate of drug-likeness (QED) is 0.707. The molecule has 0 aromatic carbocycles. The van der Waals surface area contributed by atoms with Crippen LogP contribution in [0, 0.1) is 17.8 Å². The Morgan fingerprint density at radius 3 is 2.18 bits per heavy atom. The van der Waals surface area contributed by atoms with Crippen LogP contribution >= 0.6 is 0 Å². The fourth-order valence-electron chi connectivity index (χ4n) is 3.28. The molecule has 3 heteroatoms. The third-order valence-electron chi connectivity index (χ3n) is 4.67. The van der Waals surface area contributed by atoms with Crippen LogP contribution in [-0.4, -0.2) is 31.8 Å². The molecule has 0 aromatic heterocycles. The van der Waals surface area contributed by atoms with Crippen molar-refractivity contribution in [3.05, 3.63) is 0 Å². The predicted molar refractivity (Wildman–Crippen MR) is 68.8 cm³/mol. The van der Waals surface area contributed by atoms with Gasteiger partial charge in [0.1, 0.15) is 0 Å². The summed E-state index contributed by atoms with van der Waals surface area (Å²) in [6.45, 7) is 2.94. The highest BCUT2D eigenvalue weighted by Crippen LogP contribution is 2.48. The fourth-order valence-corrected chi connectivity index (χ4v) is 3.28. The Bertz CT molecular complexity index is 239. The van der Waals surface area contributed by atoms with Crippen molar-refractivity contribution in [1.29, 1.82) is 0 Å². The molecule has 1 heterocycles. The molecule has 3 rings (SSSR count). The summed E-state index contributed by atoms with van der Waals surface area (Å²) in [7, 11) is 0. The molecule has 17 heavy (non-hydrogen) atoms. The molecule has 0 spiro atoms. The molecule has 2 unspecified atom stereocenters. The molecule has 0 amide bonds. The Labute approximate surface area is 104 Å². The zero-order valence-electron chi connectivity index (χ0n) is 10.7. The maximum atomic E-state index is 5.86. The van der Waals surface area contributed by atoms with E-state index < -0.39 is 0 Å².